The molecule has 0 radical (unpaired) electrons. The van der Waals surface area contributed by atoms with Gasteiger partial charge in [-0.1, -0.05) is 26.0 Å². The number of rotatable bonds is 3. The topological polar surface area (TPSA) is 105 Å². The van der Waals surface area contributed by atoms with Gasteiger partial charge in [0.1, 0.15) is 34.4 Å². The summed E-state index contributed by atoms with van der Waals surface area (Å²) in [7, 11) is 3.58. The summed E-state index contributed by atoms with van der Waals surface area (Å²) in [5.41, 5.74) is 5.88. The molecule has 9 nitrogen and oxygen atoms in total. The van der Waals surface area contributed by atoms with Crippen LogP contribution in [0.15, 0.2) is 30.5 Å². The van der Waals surface area contributed by atoms with Crippen LogP contribution in [0.25, 0.3) is 33.1 Å². The Bertz CT molecular complexity index is 1500. The molecular formula is C29H36F2N8O. The van der Waals surface area contributed by atoms with Gasteiger partial charge in [0.15, 0.2) is 5.82 Å². The molecule has 6 heterocycles. The maximum Gasteiger partial charge on any atom is 0.318 e. The van der Waals surface area contributed by atoms with E-state index in [1.807, 2.05) is 13.8 Å². The molecule has 0 aliphatic carbocycles. The zero-order valence-corrected chi connectivity index (χ0v) is 23.4. The van der Waals surface area contributed by atoms with Crippen LogP contribution in [-0.4, -0.2) is 77.3 Å². The highest BCUT2D eigenvalue weighted by molar-refractivity contribution is 5.98. The van der Waals surface area contributed by atoms with E-state index in [2.05, 4.69) is 42.1 Å². The highest BCUT2D eigenvalue weighted by atomic mass is 19.1. The molecule has 3 aliphatic rings. The molecular weight excluding hydrogens is 514 g/mol. The van der Waals surface area contributed by atoms with Crippen LogP contribution >= 0.6 is 0 Å². The molecule has 3 aromatic heterocycles. The van der Waals surface area contributed by atoms with Crippen LogP contribution in [0.4, 0.5) is 20.4 Å². The maximum atomic E-state index is 15.9. The Balaban J connectivity index is 0.000000411. The number of nitrogens with one attached hydrogen (secondary N) is 1. The number of likely N-dealkylation sites (tertiary alicyclic amines) is 1. The second-order valence-corrected chi connectivity index (χ2v) is 10.2. The number of methoxy groups -OCH3 is 1. The van der Waals surface area contributed by atoms with Crippen molar-refractivity contribution in [2.45, 2.75) is 45.2 Å². The van der Waals surface area contributed by atoms with E-state index in [1.54, 1.807) is 18.2 Å². The fourth-order valence-electron chi connectivity index (χ4n) is 5.42. The first-order valence-corrected chi connectivity index (χ1v) is 13.9. The van der Waals surface area contributed by atoms with Gasteiger partial charge in [0.05, 0.1) is 12.5 Å². The number of aromatic nitrogens is 4. The van der Waals surface area contributed by atoms with Gasteiger partial charge < -0.3 is 25.6 Å². The van der Waals surface area contributed by atoms with Crippen molar-refractivity contribution in [1.82, 2.24) is 30.2 Å². The number of ether oxygens (including phenoxy) is 1. The van der Waals surface area contributed by atoms with E-state index in [0.717, 1.165) is 25.9 Å². The van der Waals surface area contributed by atoms with Crippen molar-refractivity contribution in [1.29, 1.82) is 0 Å². The summed E-state index contributed by atoms with van der Waals surface area (Å²) in [6.45, 7) is 8.14. The Kier molecular flexibility index (Phi) is 8.22. The molecule has 4 aromatic rings. The van der Waals surface area contributed by atoms with E-state index < -0.39 is 11.6 Å². The van der Waals surface area contributed by atoms with Crippen molar-refractivity contribution >= 4 is 33.3 Å². The number of anilines is 2. The molecule has 3 fully saturated rings. The lowest BCUT2D eigenvalue weighted by Gasteiger charge is -2.34. The SMILES string of the molecule is CC.CN1CCC1.COc1nc(N2CC3CCC(C2)N3)c2cnc(-c3nc(N)cc4cccc(F)c34)c(F)c2n1. The number of nitrogen functional groups attached to an aromatic ring is 1. The zero-order valence-electron chi connectivity index (χ0n) is 23.4. The van der Waals surface area contributed by atoms with E-state index in [-0.39, 0.29) is 34.1 Å². The molecule has 2 bridgehead atoms. The number of piperazine rings is 1. The number of fused-ring (bicyclic) bond motifs is 4. The number of nitrogens with zero attached hydrogens (tertiary/aromatic N) is 6. The molecule has 3 aliphatic heterocycles. The van der Waals surface area contributed by atoms with Crippen molar-refractivity contribution in [3.63, 3.8) is 0 Å². The molecule has 2 unspecified atom stereocenters. The van der Waals surface area contributed by atoms with Crippen molar-refractivity contribution in [3.8, 4) is 17.4 Å². The number of hydrogen-bond acceptors (Lipinski definition) is 9. The summed E-state index contributed by atoms with van der Waals surface area (Å²) in [6.07, 6.45) is 5.12. The molecule has 212 valence electrons. The van der Waals surface area contributed by atoms with Gasteiger partial charge in [0.25, 0.3) is 0 Å². The maximum absolute atomic E-state index is 15.9. The molecule has 40 heavy (non-hydrogen) atoms. The molecule has 0 amide bonds. The van der Waals surface area contributed by atoms with Crippen LogP contribution in [0.3, 0.4) is 0 Å². The molecule has 0 saturated carbocycles. The minimum atomic E-state index is -0.727. The summed E-state index contributed by atoms with van der Waals surface area (Å²) in [4.78, 5) is 21.8. The third kappa shape index (κ3) is 5.35. The largest absolute Gasteiger partial charge is 0.467 e. The second kappa shape index (κ2) is 11.8. The van der Waals surface area contributed by atoms with Gasteiger partial charge in [0.2, 0.25) is 0 Å². The van der Waals surface area contributed by atoms with Gasteiger partial charge in [-0.2, -0.15) is 9.97 Å². The van der Waals surface area contributed by atoms with Gasteiger partial charge in [-0.3, -0.25) is 4.98 Å². The summed E-state index contributed by atoms with van der Waals surface area (Å²) < 4.78 is 35.9. The Morgan fingerprint density at radius 3 is 2.35 bits per heavy atom. The monoisotopic (exact) mass is 550 g/mol. The second-order valence-electron chi connectivity index (χ2n) is 10.2. The van der Waals surface area contributed by atoms with Crippen molar-refractivity contribution in [2.24, 2.45) is 0 Å². The molecule has 3 saturated heterocycles. The van der Waals surface area contributed by atoms with Gasteiger partial charge in [-0.25, -0.2) is 13.8 Å². The number of pyridine rings is 2. The first-order valence-electron chi connectivity index (χ1n) is 13.9. The summed E-state index contributed by atoms with van der Waals surface area (Å²) in [6, 6.07) is 6.88. The first-order chi connectivity index (χ1) is 19.4. The quantitative estimate of drug-likeness (QED) is 0.384. The number of hydrogen-bond donors (Lipinski definition) is 2. The Morgan fingerprint density at radius 2 is 1.73 bits per heavy atom. The lowest BCUT2D eigenvalue weighted by atomic mass is 10.1. The van der Waals surface area contributed by atoms with Crippen LogP contribution in [0.1, 0.15) is 33.1 Å². The highest BCUT2D eigenvalue weighted by Crippen LogP contribution is 2.36. The van der Waals surface area contributed by atoms with Crippen molar-refractivity contribution in [3.05, 3.63) is 42.1 Å². The van der Waals surface area contributed by atoms with E-state index in [1.165, 1.54) is 38.9 Å². The number of halogens is 2. The normalized spacial score (nSPS) is 19.9. The minimum Gasteiger partial charge on any atom is -0.467 e. The number of benzene rings is 1. The first kappa shape index (κ1) is 27.9. The van der Waals surface area contributed by atoms with Crippen LogP contribution in [-0.2, 0) is 0 Å². The average molecular weight is 551 g/mol. The Hall–Kier alpha value is -3.70. The highest BCUT2D eigenvalue weighted by Gasteiger charge is 2.34. The molecule has 0 spiro atoms. The third-order valence-corrected chi connectivity index (χ3v) is 7.47. The Morgan fingerprint density at radius 1 is 1.02 bits per heavy atom. The van der Waals surface area contributed by atoms with Gasteiger partial charge in [-0.05, 0) is 56.9 Å². The fourth-order valence-corrected chi connectivity index (χ4v) is 5.42. The third-order valence-electron chi connectivity index (χ3n) is 7.47. The standard InChI is InChI=1S/C23H21F2N7O.C4H9N.C2H6/c1-33-23-30-19-14(22(31-23)32-9-12-5-6-13(10-32)28-12)8-27-21(18(19)25)20-17-11(7-16(26)29-20)3-2-4-15(17)24;1-5-3-2-4-5;1-2/h2-4,7-8,12-13,28H,5-6,9-10H2,1H3,(H2,26,29);2-4H2,1H3;1-2H3. The minimum absolute atomic E-state index is 0.0295. The number of nitrogens with two attached hydrogens (primary N) is 1. The van der Waals surface area contributed by atoms with Crippen LogP contribution in [0, 0.1) is 11.6 Å². The lowest BCUT2D eigenvalue weighted by Crippen LogP contribution is -2.51. The van der Waals surface area contributed by atoms with E-state index in [9.17, 15) is 4.39 Å². The van der Waals surface area contributed by atoms with Crippen LogP contribution < -0.4 is 20.7 Å². The molecule has 2 atom stereocenters. The molecule has 3 N–H and O–H groups in total. The summed E-state index contributed by atoms with van der Waals surface area (Å²) >= 11 is 0. The summed E-state index contributed by atoms with van der Waals surface area (Å²) in [5.74, 6) is -0.546. The molecule has 7 rings (SSSR count). The Labute approximate surface area is 232 Å². The molecule has 11 heteroatoms. The fraction of sp³-hybridized carbons (Fsp3) is 0.448. The van der Waals surface area contributed by atoms with Gasteiger partial charge >= 0.3 is 6.01 Å². The van der Waals surface area contributed by atoms with E-state index in [0.29, 0.717) is 28.7 Å². The van der Waals surface area contributed by atoms with E-state index >= 15 is 4.39 Å². The van der Waals surface area contributed by atoms with Crippen LogP contribution in [0.2, 0.25) is 0 Å². The van der Waals surface area contributed by atoms with Crippen LogP contribution in [0.5, 0.6) is 6.01 Å². The van der Waals surface area contributed by atoms with Gasteiger partial charge in [-0.15, -0.1) is 0 Å². The lowest BCUT2D eigenvalue weighted by molar-refractivity contribution is 0.229. The smallest absolute Gasteiger partial charge is 0.318 e. The predicted octanol–water partition coefficient (Wildman–Crippen LogP) is 4.40. The molecule has 1 aromatic carbocycles. The van der Waals surface area contributed by atoms with Crippen molar-refractivity contribution < 1.29 is 13.5 Å². The van der Waals surface area contributed by atoms with Gasteiger partial charge in [0, 0.05) is 36.8 Å². The predicted molar refractivity (Wildman–Crippen MR) is 155 cm³/mol. The average Bonchev–Trinajstić information content (AvgIpc) is 3.29. The zero-order chi connectivity index (χ0) is 28.4. The summed E-state index contributed by atoms with van der Waals surface area (Å²) in [5, 5.41) is 4.70. The van der Waals surface area contributed by atoms with E-state index in [4.69, 9.17) is 10.5 Å². The van der Waals surface area contributed by atoms with Crippen molar-refractivity contribution in [2.75, 3.05) is 51.0 Å².